The zero-order valence-corrected chi connectivity index (χ0v) is 17.8. The van der Waals surface area contributed by atoms with Crippen LogP contribution in [-0.2, 0) is 6.42 Å². The molecule has 0 aliphatic rings. The minimum Gasteiger partial charge on any atom is -0.496 e. The predicted octanol–water partition coefficient (Wildman–Crippen LogP) is 5.28. The van der Waals surface area contributed by atoms with Crippen LogP contribution in [0.25, 0.3) is 0 Å². The Morgan fingerprint density at radius 1 is 1.14 bits per heavy atom. The fourth-order valence-corrected chi connectivity index (χ4v) is 3.21. The van der Waals surface area contributed by atoms with Crippen LogP contribution in [0.1, 0.15) is 66.6 Å². The van der Waals surface area contributed by atoms with E-state index >= 15 is 0 Å². The lowest BCUT2D eigenvalue weighted by molar-refractivity contribution is 0.0952. The second-order valence-electron chi connectivity index (χ2n) is 7.38. The van der Waals surface area contributed by atoms with Gasteiger partial charge in [-0.25, -0.2) is 0 Å². The smallest absolute Gasteiger partial charge is 0.251 e. The van der Waals surface area contributed by atoms with Crippen LogP contribution in [0, 0.1) is 6.92 Å². The molecule has 2 aromatic rings. The number of carbonyl (C=O) groups excluding carboxylic acids is 1. The first kappa shape index (κ1) is 21.8. The van der Waals surface area contributed by atoms with E-state index in [4.69, 9.17) is 9.47 Å². The number of rotatable bonds is 10. The first-order valence-electron chi connectivity index (χ1n) is 10.1. The van der Waals surface area contributed by atoms with Crippen molar-refractivity contribution in [2.45, 2.75) is 52.9 Å². The molecule has 0 aliphatic carbocycles. The molecule has 0 unspecified atom stereocenters. The van der Waals surface area contributed by atoms with E-state index in [1.165, 1.54) is 5.56 Å². The van der Waals surface area contributed by atoms with Crippen LogP contribution in [0.5, 0.6) is 11.5 Å². The van der Waals surface area contributed by atoms with E-state index in [2.05, 4.69) is 32.2 Å². The van der Waals surface area contributed by atoms with Crippen molar-refractivity contribution < 1.29 is 14.3 Å². The van der Waals surface area contributed by atoms with Gasteiger partial charge < -0.3 is 14.8 Å². The largest absolute Gasteiger partial charge is 0.496 e. The first-order chi connectivity index (χ1) is 13.5. The fourth-order valence-electron chi connectivity index (χ4n) is 3.21. The third-order valence-electron chi connectivity index (χ3n) is 4.79. The summed E-state index contributed by atoms with van der Waals surface area (Å²) in [6.07, 6.45) is 2.73. The molecule has 0 heterocycles. The summed E-state index contributed by atoms with van der Waals surface area (Å²) in [5, 5.41) is 3.06. The molecule has 0 saturated heterocycles. The second kappa shape index (κ2) is 10.7. The van der Waals surface area contributed by atoms with Gasteiger partial charge in [-0.3, -0.25) is 4.79 Å². The van der Waals surface area contributed by atoms with Crippen LogP contribution in [0.3, 0.4) is 0 Å². The van der Waals surface area contributed by atoms with E-state index in [1.807, 2.05) is 37.3 Å². The number of nitrogens with one attached hydrogen (secondary N) is 1. The first-order valence-corrected chi connectivity index (χ1v) is 10.1. The summed E-state index contributed by atoms with van der Waals surface area (Å²) < 4.78 is 11.3. The lowest BCUT2D eigenvalue weighted by Crippen LogP contribution is -2.25. The lowest BCUT2D eigenvalue weighted by Gasteiger charge is -2.16. The molecule has 4 heteroatoms. The lowest BCUT2D eigenvalue weighted by atomic mass is 9.96. The Balaban J connectivity index is 1.96. The molecule has 2 aromatic carbocycles. The van der Waals surface area contributed by atoms with Gasteiger partial charge in [-0.1, -0.05) is 39.0 Å². The Hall–Kier alpha value is -2.49. The molecular weight excluding hydrogens is 350 g/mol. The Kier molecular flexibility index (Phi) is 8.37. The second-order valence-corrected chi connectivity index (χ2v) is 7.38. The monoisotopic (exact) mass is 383 g/mol. The summed E-state index contributed by atoms with van der Waals surface area (Å²) in [4.78, 5) is 12.7. The average molecular weight is 384 g/mol. The van der Waals surface area contributed by atoms with Crippen molar-refractivity contribution in [2.75, 3.05) is 20.3 Å². The molecule has 0 radical (unpaired) electrons. The molecule has 28 heavy (non-hydrogen) atoms. The molecule has 152 valence electrons. The highest BCUT2D eigenvalue weighted by Crippen LogP contribution is 2.29. The summed E-state index contributed by atoms with van der Waals surface area (Å²) in [6.45, 7) is 9.61. The zero-order valence-electron chi connectivity index (χ0n) is 17.8. The van der Waals surface area contributed by atoms with Crippen LogP contribution in [0.15, 0.2) is 36.4 Å². The minimum atomic E-state index is -0.0300. The molecular formula is C24H33NO3. The number of carbonyl (C=O) groups is 1. The van der Waals surface area contributed by atoms with Crippen molar-refractivity contribution in [1.29, 1.82) is 0 Å². The summed E-state index contributed by atoms with van der Waals surface area (Å²) in [6, 6.07) is 12.0. The Morgan fingerprint density at radius 3 is 2.57 bits per heavy atom. The zero-order chi connectivity index (χ0) is 20.5. The predicted molar refractivity (Wildman–Crippen MR) is 115 cm³/mol. The van der Waals surface area contributed by atoms with E-state index in [1.54, 1.807) is 7.11 Å². The van der Waals surface area contributed by atoms with Crippen LogP contribution in [-0.4, -0.2) is 26.2 Å². The Morgan fingerprint density at radius 2 is 1.89 bits per heavy atom. The average Bonchev–Trinajstić information content (AvgIpc) is 2.69. The Bertz CT molecular complexity index is 783. The highest BCUT2D eigenvalue weighted by molar-refractivity contribution is 5.96. The van der Waals surface area contributed by atoms with Crippen molar-refractivity contribution in [3.05, 3.63) is 58.7 Å². The standard InChI is InChI=1S/C24H33NO3/c1-6-14-28-22-12-8-7-10-19(22)11-9-13-25-24(26)21-16-20(17(2)3)23(27-5)15-18(21)4/h7-8,10,12,15-17H,6,9,11,13-14H2,1-5H3,(H,25,26). The molecule has 0 fully saturated rings. The number of hydrogen-bond acceptors (Lipinski definition) is 3. The van der Waals surface area contributed by atoms with E-state index in [-0.39, 0.29) is 5.91 Å². The van der Waals surface area contributed by atoms with E-state index in [9.17, 15) is 4.79 Å². The van der Waals surface area contributed by atoms with E-state index in [0.717, 1.165) is 54.1 Å². The van der Waals surface area contributed by atoms with Crippen LogP contribution in [0.4, 0.5) is 0 Å². The normalized spacial score (nSPS) is 10.8. The molecule has 0 spiro atoms. The molecule has 2 rings (SSSR count). The van der Waals surface area contributed by atoms with Crippen LogP contribution < -0.4 is 14.8 Å². The van der Waals surface area contributed by atoms with E-state index in [0.29, 0.717) is 12.5 Å². The van der Waals surface area contributed by atoms with Gasteiger partial charge in [0.25, 0.3) is 5.91 Å². The summed E-state index contributed by atoms with van der Waals surface area (Å²) in [5.74, 6) is 2.05. The molecule has 0 aromatic heterocycles. The highest BCUT2D eigenvalue weighted by Gasteiger charge is 2.15. The van der Waals surface area contributed by atoms with Gasteiger partial charge in [-0.2, -0.15) is 0 Å². The van der Waals surface area contributed by atoms with Crippen molar-refractivity contribution in [2.24, 2.45) is 0 Å². The quantitative estimate of drug-likeness (QED) is 0.568. The van der Waals surface area contributed by atoms with Crippen molar-refractivity contribution >= 4 is 5.91 Å². The topological polar surface area (TPSA) is 47.6 Å². The van der Waals surface area contributed by atoms with Gasteiger partial charge >= 0.3 is 0 Å². The number of methoxy groups -OCH3 is 1. The van der Waals surface area contributed by atoms with Gasteiger partial charge in [0.15, 0.2) is 0 Å². The van der Waals surface area contributed by atoms with Crippen molar-refractivity contribution in [3.8, 4) is 11.5 Å². The maximum atomic E-state index is 12.7. The fraction of sp³-hybridized carbons (Fsp3) is 0.458. The van der Waals surface area contributed by atoms with Gasteiger partial charge in [0.05, 0.1) is 13.7 Å². The molecule has 1 amide bonds. The molecule has 4 nitrogen and oxygen atoms in total. The third kappa shape index (κ3) is 5.75. The van der Waals surface area contributed by atoms with Crippen molar-refractivity contribution in [3.63, 3.8) is 0 Å². The number of para-hydroxylation sites is 1. The Labute approximate surface area is 169 Å². The summed E-state index contributed by atoms with van der Waals surface area (Å²) in [5.41, 5.74) is 3.89. The molecule has 0 atom stereocenters. The SMILES string of the molecule is CCCOc1ccccc1CCCNC(=O)c1cc(C(C)C)c(OC)cc1C. The molecule has 0 saturated carbocycles. The maximum absolute atomic E-state index is 12.7. The molecule has 0 aliphatic heterocycles. The number of amides is 1. The number of aryl methyl sites for hydroxylation is 2. The third-order valence-corrected chi connectivity index (χ3v) is 4.79. The van der Waals surface area contributed by atoms with Gasteiger partial charge in [0.1, 0.15) is 11.5 Å². The number of ether oxygens (including phenoxy) is 2. The summed E-state index contributed by atoms with van der Waals surface area (Å²) >= 11 is 0. The number of benzene rings is 2. The molecule has 0 bridgehead atoms. The number of hydrogen-bond donors (Lipinski definition) is 1. The van der Waals surface area contributed by atoms with Gasteiger partial charge in [-0.15, -0.1) is 0 Å². The van der Waals surface area contributed by atoms with Gasteiger partial charge in [-0.05, 0) is 67.0 Å². The van der Waals surface area contributed by atoms with Crippen molar-refractivity contribution in [1.82, 2.24) is 5.32 Å². The maximum Gasteiger partial charge on any atom is 0.251 e. The summed E-state index contributed by atoms with van der Waals surface area (Å²) in [7, 11) is 1.67. The van der Waals surface area contributed by atoms with Crippen LogP contribution in [0.2, 0.25) is 0 Å². The van der Waals surface area contributed by atoms with E-state index < -0.39 is 0 Å². The van der Waals surface area contributed by atoms with Gasteiger partial charge in [0, 0.05) is 12.1 Å². The van der Waals surface area contributed by atoms with Crippen LogP contribution >= 0.6 is 0 Å². The van der Waals surface area contributed by atoms with Gasteiger partial charge in [0.2, 0.25) is 0 Å². The molecule has 1 N–H and O–H groups in total. The highest BCUT2D eigenvalue weighted by atomic mass is 16.5. The minimum absolute atomic E-state index is 0.0300.